The van der Waals surface area contributed by atoms with Gasteiger partial charge >= 0.3 is 0 Å². The van der Waals surface area contributed by atoms with E-state index in [4.69, 9.17) is 21.0 Å². The Kier molecular flexibility index (Phi) is 6.29. The van der Waals surface area contributed by atoms with E-state index in [2.05, 4.69) is 20.4 Å². The van der Waals surface area contributed by atoms with Crippen molar-refractivity contribution in [2.24, 2.45) is 5.73 Å². The van der Waals surface area contributed by atoms with Crippen LogP contribution in [0.2, 0.25) is 0 Å². The maximum Gasteiger partial charge on any atom is 0.220 e. The van der Waals surface area contributed by atoms with Crippen LogP contribution < -0.4 is 21.7 Å². The number of halogens is 1. The maximum absolute atomic E-state index is 14.3. The molecule has 0 fully saturated rings. The molecule has 1 aliphatic carbocycles. The highest BCUT2D eigenvalue weighted by atomic mass is 19.1. The number of hydrogen-bond acceptors (Lipinski definition) is 8. The number of nitrogen functional groups attached to an aromatic ring is 1. The number of nitrogens with one attached hydrogen (secondary N) is 1. The number of nitrogens with two attached hydrogens (primary N) is 2. The van der Waals surface area contributed by atoms with Crippen LogP contribution in [0.25, 0.3) is 17.0 Å². The largest absolute Gasteiger partial charge is 0.481 e. The van der Waals surface area contributed by atoms with E-state index in [0.717, 1.165) is 28.2 Å². The topological polar surface area (TPSA) is 121 Å². The van der Waals surface area contributed by atoms with Crippen molar-refractivity contribution in [1.29, 1.82) is 0 Å². The summed E-state index contributed by atoms with van der Waals surface area (Å²) in [6, 6.07) is 10.1. The minimum atomic E-state index is -0.347. The molecule has 1 aliphatic rings. The lowest BCUT2D eigenvalue weighted by molar-refractivity contribution is 0.0844. The van der Waals surface area contributed by atoms with Gasteiger partial charge in [0.1, 0.15) is 5.82 Å². The number of fused-ring (bicyclic) bond motifs is 1. The predicted molar refractivity (Wildman–Crippen MR) is 120 cm³/mol. The van der Waals surface area contributed by atoms with Crippen molar-refractivity contribution in [2.45, 2.75) is 19.3 Å². The van der Waals surface area contributed by atoms with E-state index in [9.17, 15) is 4.39 Å². The van der Waals surface area contributed by atoms with Crippen LogP contribution in [0.1, 0.15) is 28.4 Å². The molecular weight excluding hydrogens is 411 g/mol. The summed E-state index contributed by atoms with van der Waals surface area (Å²) in [6.45, 7) is 2.58. The minimum Gasteiger partial charge on any atom is -0.481 e. The summed E-state index contributed by atoms with van der Waals surface area (Å²) < 4.78 is 19.5. The van der Waals surface area contributed by atoms with Crippen LogP contribution in [-0.4, -0.2) is 35.2 Å². The molecule has 0 spiro atoms. The Morgan fingerprint density at radius 2 is 2.03 bits per heavy atom. The van der Waals surface area contributed by atoms with E-state index >= 15 is 0 Å². The number of methoxy groups -OCH3 is 1. The molecule has 32 heavy (non-hydrogen) atoms. The van der Waals surface area contributed by atoms with Crippen molar-refractivity contribution in [2.75, 3.05) is 26.0 Å². The molecular formula is C23H25FN6O2. The number of rotatable bonds is 7. The fourth-order valence-corrected chi connectivity index (χ4v) is 3.93. The number of pyridine rings is 1. The zero-order valence-electron chi connectivity index (χ0n) is 17.9. The average Bonchev–Trinajstić information content (AvgIpc) is 2.78. The van der Waals surface area contributed by atoms with Gasteiger partial charge < -0.3 is 16.2 Å². The number of hydrogen-bond donors (Lipinski definition) is 3. The number of aryl methyl sites for hydroxylation is 1. The van der Waals surface area contributed by atoms with Crippen molar-refractivity contribution < 1.29 is 14.0 Å². The molecule has 0 radical (unpaired) electrons. The van der Waals surface area contributed by atoms with Gasteiger partial charge in [-0.05, 0) is 30.7 Å². The Labute approximate surface area is 185 Å². The third kappa shape index (κ3) is 4.39. The molecule has 166 valence electrons. The Morgan fingerprint density at radius 3 is 2.81 bits per heavy atom. The van der Waals surface area contributed by atoms with Gasteiger partial charge in [0.15, 0.2) is 0 Å². The van der Waals surface area contributed by atoms with Crippen LogP contribution in [0.3, 0.4) is 0 Å². The fourth-order valence-electron chi connectivity index (χ4n) is 3.93. The predicted octanol–water partition coefficient (Wildman–Crippen LogP) is 2.74. The number of benzene rings is 1. The fraction of sp³-hybridized carbons (Fsp3) is 0.261. The molecule has 0 saturated carbocycles. The monoisotopic (exact) mass is 436 g/mol. The highest BCUT2D eigenvalue weighted by Gasteiger charge is 2.27. The first-order valence-corrected chi connectivity index (χ1v) is 10.2. The third-order valence-electron chi connectivity index (χ3n) is 5.26. The second-order valence-electron chi connectivity index (χ2n) is 7.42. The average molecular weight is 436 g/mol. The van der Waals surface area contributed by atoms with Gasteiger partial charge in [-0.2, -0.15) is 0 Å². The van der Waals surface area contributed by atoms with Crippen molar-refractivity contribution in [1.82, 2.24) is 20.4 Å². The van der Waals surface area contributed by atoms with Crippen molar-refractivity contribution in [3.05, 3.63) is 70.8 Å². The molecule has 9 heteroatoms. The molecule has 3 aromatic rings. The Bertz CT molecular complexity index is 1170. The van der Waals surface area contributed by atoms with Crippen molar-refractivity contribution in [3.63, 3.8) is 0 Å². The smallest absolute Gasteiger partial charge is 0.220 e. The zero-order chi connectivity index (χ0) is 22.7. The molecule has 0 aliphatic heterocycles. The second kappa shape index (κ2) is 9.29. The highest BCUT2D eigenvalue weighted by Crippen LogP contribution is 2.38. The number of ether oxygens (including phenoxy) is 1. The van der Waals surface area contributed by atoms with E-state index < -0.39 is 0 Å². The number of aromatic nitrogens is 3. The first-order chi connectivity index (χ1) is 15.5. The van der Waals surface area contributed by atoms with Gasteiger partial charge in [0, 0.05) is 36.1 Å². The van der Waals surface area contributed by atoms with E-state index in [1.807, 2.05) is 25.1 Å². The molecule has 2 aromatic heterocycles. The van der Waals surface area contributed by atoms with Crippen molar-refractivity contribution in [3.8, 4) is 17.1 Å². The number of nitrogens with zero attached hydrogens (tertiary/aromatic N) is 3. The minimum absolute atomic E-state index is 0.135. The lowest BCUT2D eigenvalue weighted by atomic mass is 9.83. The number of allylic oxidation sites excluding steroid dienone is 1. The van der Waals surface area contributed by atoms with Crippen molar-refractivity contribution >= 4 is 11.6 Å². The molecule has 2 heterocycles. The van der Waals surface area contributed by atoms with Gasteiger partial charge in [0.2, 0.25) is 11.8 Å². The Hall–Kier alpha value is -3.56. The third-order valence-corrected chi connectivity index (χ3v) is 5.26. The molecule has 0 unspecified atom stereocenters. The van der Waals surface area contributed by atoms with Crippen LogP contribution in [0.4, 0.5) is 10.3 Å². The van der Waals surface area contributed by atoms with Crippen LogP contribution in [0, 0.1) is 12.7 Å². The molecule has 4 rings (SSSR count). The quantitative estimate of drug-likeness (QED) is 0.382. The number of hydroxylamine groups is 1. The maximum atomic E-state index is 14.3. The summed E-state index contributed by atoms with van der Waals surface area (Å²) in [5.41, 5.74) is 19.7. The lowest BCUT2D eigenvalue weighted by Crippen LogP contribution is -2.24. The standard InChI is InChI=1S/C23H25FN6O2/c1-13-22-19(29-23(26)27-13)10-14(11-20(22)30-32-9-8-25)16-7-6-15(24)12-17(16)18-4-3-5-21(28-18)31-2/h3-7,11-12,14,30H,8-10,25H2,1-2H3,(H2,26,27,29)/t14-/m0/s1. The first kappa shape index (κ1) is 21.7. The van der Waals surface area contributed by atoms with Gasteiger partial charge in [-0.1, -0.05) is 18.2 Å². The highest BCUT2D eigenvalue weighted by molar-refractivity contribution is 5.73. The molecule has 0 amide bonds. The second-order valence-corrected chi connectivity index (χ2v) is 7.42. The van der Waals surface area contributed by atoms with E-state index in [0.29, 0.717) is 36.7 Å². The van der Waals surface area contributed by atoms with Gasteiger partial charge in [0.05, 0.1) is 36.5 Å². The summed E-state index contributed by atoms with van der Waals surface area (Å²) in [7, 11) is 1.55. The zero-order valence-corrected chi connectivity index (χ0v) is 17.9. The first-order valence-electron chi connectivity index (χ1n) is 10.2. The van der Waals surface area contributed by atoms with Gasteiger partial charge in [0.25, 0.3) is 0 Å². The van der Waals surface area contributed by atoms with E-state index in [1.165, 1.54) is 12.1 Å². The molecule has 5 N–H and O–H groups in total. The number of anilines is 1. The summed E-state index contributed by atoms with van der Waals surface area (Å²) in [5, 5.41) is 0. The summed E-state index contributed by atoms with van der Waals surface area (Å²) in [5.74, 6) is 0.179. The lowest BCUT2D eigenvalue weighted by Gasteiger charge is -2.26. The SMILES string of the molecule is COc1cccc(-c2cc(F)ccc2[C@@H]2C=C(NOCCN)c3c(C)nc(N)nc3C2)n1. The van der Waals surface area contributed by atoms with Gasteiger partial charge in [-0.15, -0.1) is 0 Å². The van der Waals surface area contributed by atoms with Crippen LogP contribution in [0.15, 0.2) is 42.5 Å². The van der Waals surface area contributed by atoms with Crippen LogP contribution in [-0.2, 0) is 11.3 Å². The van der Waals surface area contributed by atoms with Gasteiger partial charge in [-0.3, -0.25) is 10.3 Å². The summed E-state index contributed by atoms with van der Waals surface area (Å²) >= 11 is 0. The summed E-state index contributed by atoms with van der Waals surface area (Å²) in [4.78, 5) is 18.8. The summed E-state index contributed by atoms with van der Waals surface area (Å²) in [6.07, 6.45) is 2.59. The van der Waals surface area contributed by atoms with E-state index in [-0.39, 0.29) is 17.7 Å². The Morgan fingerprint density at radius 1 is 1.19 bits per heavy atom. The molecule has 1 atom stereocenters. The van der Waals surface area contributed by atoms with E-state index in [1.54, 1.807) is 19.2 Å². The normalized spacial score (nSPS) is 15.1. The molecule has 1 aromatic carbocycles. The molecule has 0 saturated heterocycles. The molecule has 8 nitrogen and oxygen atoms in total. The Balaban J connectivity index is 1.82. The van der Waals surface area contributed by atoms with Gasteiger partial charge in [-0.25, -0.2) is 19.3 Å². The van der Waals surface area contributed by atoms with Crippen LogP contribution >= 0.6 is 0 Å². The van der Waals surface area contributed by atoms with Crippen LogP contribution in [0.5, 0.6) is 5.88 Å². The molecule has 0 bridgehead atoms.